The topological polar surface area (TPSA) is 12.5 Å². The van der Waals surface area contributed by atoms with Gasteiger partial charge in [-0.25, -0.2) is 0 Å². The Morgan fingerprint density at radius 1 is 0.269 bits per heavy atom. The molecule has 10 rings (SSSR count). The Morgan fingerprint density at radius 3 is 0.731 bits per heavy atom. The largest absolute Gasteiger partial charge is 0.453 e. The van der Waals surface area contributed by atoms with Crippen LogP contribution in [0.2, 0.25) is 0 Å². The lowest BCUT2D eigenvalue weighted by Crippen LogP contribution is -2.16. The Hall–Kier alpha value is -7.42. The predicted octanol–water partition coefficient (Wildman–Crippen LogP) is 22.7. The SMILES string of the molecule is CC(C)c1ccc2c(c1)Oc1cc(C(C)C)ccc1N2c1cc(-c2cc(-c3ccc(C(C)(C)C)cc3)cc(-c3ccc(C(C)(C)C)cc3)c2)cc(-c2cc(-c3ccc(C(C)(C)C)cc3)cc(-c3ccc(C(C)(C)C)cc3)c2)c1. The minimum atomic E-state index is 0.0452. The maximum absolute atomic E-state index is 6.97. The Labute approximate surface area is 468 Å². The molecule has 0 bridgehead atoms. The van der Waals surface area contributed by atoms with Gasteiger partial charge in [0.1, 0.15) is 0 Å². The number of fused-ring (bicyclic) bond motifs is 2. The summed E-state index contributed by atoms with van der Waals surface area (Å²) >= 11 is 0. The highest BCUT2D eigenvalue weighted by atomic mass is 16.5. The number of hydrogen-bond acceptors (Lipinski definition) is 2. The van der Waals surface area contributed by atoms with Crippen molar-refractivity contribution in [3.63, 3.8) is 0 Å². The van der Waals surface area contributed by atoms with E-state index in [0.29, 0.717) is 11.8 Å². The van der Waals surface area contributed by atoms with Crippen molar-refractivity contribution in [3.8, 4) is 78.3 Å². The van der Waals surface area contributed by atoms with Gasteiger partial charge in [0.2, 0.25) is 0 Å². The van der Waals surface area contributed by atoms with Crippen molar-refractivity contribution in [1.29, 1.82) is 0 Å². The first-order valence-corrected chi connectivity index (χ1v) is 28.4. The van der Waals surface area contributed by atoms with E-state index >= 15 is 0 Å². The van der Waals surface area contributed by atoms with Crippen LogP contribution in [0.15, 0.2) is 188 Å². The lowest BCUT2D eigenvalue weighted by molar-refractivity contribution is 0.474. The average Bonchev–Trinajstić information content (AvgIpc) is 3.49. The van der Waals surface area contributed by atoms with Gasteiger partial charge in [0.25, 0.3) is 0 Å². The number of nitrogens with zero attached hydrogens (tertiary/aromatic N) is 1. The first-order valence-electron chi connectivity index (χ1n) is 28.4. The van der Waals surface area contributed by atoms with Crippen LogP contribution < -0.4 is 9.64 Å². The third kappa shape index (κ3) is 11.3. The summed E-state index contributed by atoms with van der Waals surface area (Å²) in [7, 11) is 0. The van der Waals surface area contributed by atoms with Crippen molar-refractivity contribution in [1.82, 2.24) is 0 Å². The lowest BCUT2D eigenvalue weighted by Gasteiger charge is -2.34. The van der Waals surface area contributed by atoms with Crippen LogP contribution in [0.25, 0.3) is 66.8 Å². The van der Waals surface area contributed by atoms with E-state index in [0.717, 1.165) is 50.8 Å². The fourth-order valence-electron chi connectivity index (χ4n) is 10.8. The van der Waals surface area contributed by atoms with Gasteiger partial charge >= 0.3 is 0 Å². The summed E-state index contributed by atoms with van der Waals surface area (Å²) in [6.07, 6.45) is 0. The van der Waals surface area contributed by atoms with Crippen LogP contribution in [-0.2, 0) is 21.7 Å². The molecule has 1 aliphatic heterocycles. The summed E-state index contributed by atoms with van der Waals surface area (Å²) in [4.78, 5) is 2.44. The van der Waals surface area contributed by atoms with Gasteiger partial charge in [0, 0.05) is 5.69 Å². The predicted molar refractivity (Wildman–Crippen MR) is 337 cm³/mol. The molecule has 9 aromatic rings. The molecule has 0 radical (unpaired) electrons. The van der Waals surface area contributed by atoms with Crippen LogP contribution in [0.3, 0.4) is 0 Å². The van der Waals surface area contributed by atoms with Gasteiger partial charge in [0.15, 0.2) is 11.5 Å². The Kier molecular flexibility index (Phi) is 14.1. The normalized spacial score (nSPS) is 12.9. The Morgan fingerprint density at radius 2 is 0.500 bits per heavy atom. The molecule has 1 aliphatic rings. The smallest absolute Gasteiger partial charge is 0.151 e. The van der Waals surface area contributed by atoms with Gasteiger partial charge in [-0.05, 0) is 213 Å². The minimum absolute atomic E-state index is 0.0452. The van der Waals surface area contributed by atoms with Crippen molar-refractivity contribution in [3.05, 3.63) is 221 Å². The molecule has 78 heavy (non-hydrogen) atoms. The zero-order chi connectivity index (χ0) is 55.6. The van der Waals surface area contributed by atoms with Crippen LogP contribution in [0.5, 0.6) is 11.5 Å². The molecule has 0 fully saturated rings. The molecule has 0 atom stereocenters. The highest BCUT2D eigenvalue weighted by molar-refractivity contribution is 5.93. The molecule has 1 heterocycles. The van der Waals surface area contributed by atoms with Gasteiger partial charge in [-0.15, -0.1) is 0 Å². The van der Waals surface area contributed by atoms with Gasteiger partial charge in [0.05, 0.1) is 11.4 Å². The van der Waals surface area contributed by atoms with Gasteiger partial charge in [-0.2, -0.15) is 0 Å². The van der Waals surface area contributed by atoms with E-state index in [4.69, 9.17) is 4.74 Å². The van der Waals surface area contributed by atoms with E-state index in [1.54, 1.807) is 0 Å². The van der Waals surface area contributed by atoms with Crippen molar-refractivity contribution < 1.29 is 4.74 Å². The van der Waals surface area contributed by atoms with Crippen LogP contribution >= 0.6 is 0 Å². The first-order chi connectivity index (χ1) is 36.8. The molecule has 396 valence electrons. The fraction of sp³-hybridized carbons (Fsp3) is 0.289. The second-order valence-corrected chi connectivity index (χ2v) is 26.9. The third-order valence-corrected chi connectivity index (χ3v) is 16.0. The molecule has 0 N–H and O–H groups in total. The first kappa shape index (κ1) is 54.0. The van der Waals surface area contributed by atoms with Gasteiger partial charge < -0.3 is 9.64 Å². The highest BCUT2D eigenvalue weighted by Gasteiger charge is 2.29. The summed E-state index contributed by atoms with van der Waals surface area (Å²) < 4.78 is 6.97. The summed E-state index contributed by atoms with van der Waals surface area (Å²) in [5.41, 5.74) is 25.1. The highest BCUT2D eigenvalue weighted by Crippen LogP contribution is 2.53. The van der Waals surface area contributed by atoms with E-state index in [1.807, 2.05) is 0 Å². The summed E-state index contributed by atoms with van der Waals surface area (Å²) in [6, 6.07) is 72.1. The lowest BCUT2D eigenvalue weighted by atomic mass is 9.84. The standard InChI is InChI=1S/C76H81NO/c1-48(2)54-25-35-69-71(46-54)78-72-47-55(49(3)4)26-36-70(72)77(69)68-44-62(60-39-56(50-17-27-64(28-18-50)73(5,6)7)37-57(40-60)51-19-29-65(30-20-51)74(8,9)10)43-63(45-68)61-41-58(52-21-31-66(32-22-52)75(11,12)13)38-59(42-61)53-23-33-67(34-24-53)76(14,15)16/h17-49H,1-16H3. The molecular weight excluding hydrogens is 943 g/mol. The fourth-order valence-corrected chi connectivity index (χ4v) is 10.8. The van der Waals surface area contributed by atoms with Crippen LogP contribution in [0, 0.1) is 0 Å². The van der Waals surface area contributed by atoms with Crippen molar-refractivity contribution in [2.24, 2.45) is 0 Å². The summed E-state index contributed by atoms with van der Waals surface area (Å²) in [5, 5.41) is 0. The molecule has 0 saturated carbocycles. The molecule has 0 aromatic heterocycles. The van der Waals surface area contributed by atoms with Crippen LogP contribution in [0.1, 0.15) is 156 Å². The molecule has 0 amide bonds. The second kappa shape index (κ2) is 20.4. The molecule has 0 aliphatic carbocycles. The molecule has 0 spiro atoms. The van der Waals surface area contributed by atoms with E-state index in [1.165, 1.54) is 77.9 Å². The molecule has 9 aromatic carbocycles. The van der Waals surface area contributed by atoms with E-state index in [9.17, 15) is 0 Å². The monoisotopic (exact) mass is 1020 g/mol. The zero-order valence-corrected chi connectivity index (χ0v) is 49.4. The van der Waals surface area contributed by atoms with Gasteiger partial charge in [-0.1, -0.05) is 220 Å². The van der Waals surface area contributed by atoms with Crippen molar-refractivity contribution in [2.75, 3.05) is 4.90 Å². The molecular formula is C76H81NO. The van der Waals surface area contributed by atoms with Crippen LogP contribution in [-0.4, -0.2) is 0 Å². The summed E-state index contributed by atoms with van der Waals surface area (Å²) in [5.74, 6) is 2.42. The van der Waals surface area contributed by atoms with Crippen molar-refractivity contribution in [2.45, 2.75) is 144 Å². The zero-order valence-electron chi connectivity index (χ0n) is 49.4. The number of ether oxygens (including phenoxy) is 1. The number of benzene rings is 9. The summed E-state index contributed by atoms with van der Waals surface area (Å²) in [6.45, 7) is 36.4. The van der Waals surface area contributed by atoms with E-state index in [2.05, 4.69) is 304 Å². The van der Waals surface area contributed by atoms with E-state index < -0.39 is 0 Å². The quantitative estimate of drug-likeness (QED) is 0.143. The average molecular weight is 1020 g/mol. The molecule has 0 saturated heterocycles. The maximum Gasteiger partial charge on any atom is 0.151 e. The minimum Gasteiger partial charge on any atom is -0.453 e. The number of anilines is 3. The number of hydrogen-bond donors (Lipinski definition) is 0. The maximum atomic E-state index is 6.97. The second-order valence-electron chi connectivity index (χ2n) is 26.9. The van der Waals surface area contributed by atoms with Gasteiger partial charge in [-0.3, -0.25) is 0 Å². The Bertz CT molecular complexity index is 3250. The number of rotatable bonds is 9. The van der Waals surface area contributed by atoms with Crippen molar-refractivity contribution >= 4 is 17.1 Å². The Balaban J connectivity index is 1.25. The molecule has 0 unspecified atom stereocenters. The third-order valence-electron chi connectivity index (χ3n) is 16.0. The molecule has 2 nitrogen and oxygen atoms in total. The van der Waals surface area contributed by atoms with Crippen LogP contribution in [0.4, 0.5) is 17.1 Å². The molecule has 2 heteroatoms. The van der Waals surface area contributed by atoms with E-state index in [-0.39, 0.29) is 21.7 Å².